The van der Waals surface area contributed by atoms with E-state index in [1.807, 2.05) is 0 Å². The zero-order valence-electron chi connectivity index (χ0n) is 6.76. The maximum absolute atomic E-state index is 11.1. The van der Waals surface area contributed by atoms with Gasteiger partial charge in [-0.05, 0) is 20.8 Å². The Morgan fingerprint density at radius 1 is 1.18 bits per heavy atom. The summed E-state index contributed by atoms with van der Waals surface area (Å²) in [5.74, 6) is 0.552. The molecule has 1 rings (SSSR count). The van der Waals surface area contributed by atoms with E-state index in [9.17, 15) is 4.79 Å². The minimum atomic E-state index is -0.341. The highest BCUT2D eigenvalue weighted by molar-refractivity contribution is 5.29. The normalized spacial score (nSPS) is 10.1. The van der Waals surface area contributed by atoms with Gasteiger partial charge >= 0.3 is 0 Å². The molecular weight excluding hydrogens is 144 g/mol. The maximum atomic E-state index is 11.1. The monoisotopic (exact) mass is 154 g/mol. The largest absolute Gasteiger partial charge is 0.502 e. The van der Waals surface area contributed by atoms with Gasteiger partial charge in [0.2, 0.25) is 11.2 Å². The fraction of sp³-hybridized carbons (Fsp3) is 0.375. The summed E-state index contributed by atoms with van der Waals surface area (Å²) in [6, 6.07) is 0. The van der Waals surface area contributed by atoms with E-state index in [4.69, 9.17) is 9.52 Å². The van der Waals surface area contributed by atoms with Gasteiger partial charge < -0.3 is 9.52 Å². The van der Waals surface area contributed by atoms with Gasteiger partial charge in [0.15, 0.2) is 0 Å². The molecule has 0 bridgehead atoms. The summed E-state index contributed by atoms with van der Waals surface area (Å²) in [7, 11) is 0. The molecule has 3 nitrogen and oxygen atoms in total. The molecule has 60 valence electrons. The van der Waals surface area contributed by atoms with Gasteiger partial charge in [0.1, 0.15) is 11.5 Å². The molecule has 0 saturated carbocycles. The Morgan fingerprint density at radius 3 is 2.27 bits per heavy atom. The highest BCUT2D eigenvalue weighted by Crippen LogP contribution is 2.13. The lowest BCUT2D eigenvalue weighted by atomic mass is 10.2. The first kappa shape index (κ1) is 7.85. The van der Waals surface area contributed by atoms with E-state index in [-0.39, 0.29) is 16.9 Å². The van der Waals surface area contributed by atoms with Crippen LogP contribution in [-0.2, 0) is 0 Å². The molecule has 3 heteroatoms. The summed E-state index contributed by atoms with van der Waals surface area (Å²) in [5.41, 5.74) is 0.124. The molecule has 1 aromatic rings. The van der Waals surface area contributed by atoms with Gasteiger partial charge in [0, 0.05) is 5.56 Å². The van der Waals surface area contributed by atoms with Gasteiger partial charge in [0.05, 0.1) is 0 Å². The molecule has 1 heterocycles. The van der Waals surface area contributed by atoms with Gasteiger partial charge in [-0.25, -0.2) is 0 Å². The Morgan fingerprint density at radius 2 is 1.73 bits per heavy atom. The van der Waals surface area contributed by atoms with E-state index in [0.29, 0.717) is 11.3 Å². The highest BCUT2D eigenvalue weighted by atomic mass is 16.4. The van der Waals surface area contributed by atoms with Crippen LogP contribution < -0.4 is 5.43 Å². The second kappa shape index (κ2) is 2.42. The first-order valence-electron chi connectivity index (χ1n) is 3.34. The first-order valence-corrected chi connectivity index (χ1v) is 3.34. The van der Waals surface area contributed by atoms with Gasteiger partial charge in [-0.15, -0.1) is 0 Å². The second-order valence-electron chi connectivity index (χ2n) is 2.52. The summed E-state index contributed by atoms with van der Waals surface area (Å²) in [6.45, 7) is 4.88. The van der Waals surface area contributed by atoms with E-state index >= 15 is 0 Å². The van der Waals surface area contributed by atoms with Crippen LogP contribution in [-0.4, -0.2) is 5.11 Å². The number of rotatable bonds is 0. The molecule has 0 fully saturated rings. The standard InChI is InChI=1S/C8H10O3/c1-4-5(2)11-6(3)8(10)7(4)9/h10H,1-3H3. The summed E-state index contributed by atoms with van der Waals surface area (Å²) >= 11 is 0. The fourth-order valence-corrected chi connectivity index (χ4v) is 0.852. The van der Waals surface area contributed by atoms with Crippen molar-refractivity contribution in [2.24, 2.45) is 0 Å². The zero-order valence-corrected chi connectivity index (χ0v) is 6.76. The van der Waals surface area contributed by atoms with E-state index < -0.39 is 0 Å². The predicted molar refractivity (Wildman–Crippen MR) is 40.9 cm³/mol. The third-order valence-electron chi connectivity index (χ3n) is 1.72. The molecule has 0 aliphatic carbocycles. The van der Waals surface area contributed by atoms with Crippen molar-refractivity contribution in [1.29, 1.82) is 0 Å². The number of aromatic hydroxyl groups is 1. The van der Waals surface area contributed by atoms with Crippen LogP contribution in [0.2, 0.25) is 0 Å². The molecule has 1 aromatic heterocycles. The lowest BCUT2D eigenvalue weighted by molar-refractivity contribution is 0.398. The average molecular weight is 154 g/mol. The Labute approximate surface area is 64.3 Å². The van der Waals surface area contributed by atoms with Crippen molar-refractivity contribution in [3.8, 4) is 5.75 Å². The fourth-order valence-electron chi connectivity index (χ4n) is 0.852. The van der Waals surface area contributed by atoms with E-state index in [0.717, 1.165) is 0 Å². The quantitative estimate of drug-likeness (QED) is 0.612. The van der Waals surface area contributed by atoms with Crippen LogP contribution >= 0.6 is 0 Å². The Hall–Kier alpha value is -1.25. The molecule has 0 aromatic carbocycles. The van der Waals surface area contributed by atoms with E-state index in [1.54, 1.807) is 20.8 Å². The molecule has 1 N–H and O–H groups in total. The lowest BCUT2D eigenvalue weighted by Crippen LogP contribution is -2.07. The second-order valence-corrected chi connectivity index (χ2v) is 2.52. The highest BCUT2D eigenvalue weighted by Gasteiger charge is 2.08. The Bertz CT molecular complexity index is 307. The molecule has 0 spiro atoms. The van der Waals surface area contributed by atoms with Gasteiger partial charge in [-0.1, -0.05) is 0 Å². The van der Waals surface area contributed by atoms with Crippen molar-refractivity contribution in [1.82, 2.24) is 0 Å². The van der Waals surface area contributed by atoms with E-state index in [2.05, 4.69) is 0 Å². The average Bonchev–Trinajstić information content (AvgIpc) is 1.97. The molecule has 11 heavy (non-hydrogen) atoms. The minimum absolute atomic E-state index is 0.276. The zero-order chi connectivity index (χ0) is 8.59. The van der Waals surface area contributed by atoms with Gasteiger partial charge in [-0.3, -0.25) is 4.79 Å². The van der Waals surface area contributed by atoms with E-state index in [1.165, 1.54) is 0 Å². The molecule has 0 saturated heterocycles. The van der Waals surface area contributed by atoms with Crippen molar-refractivity contribution in [2.75, 3.05) is 0 Å². The van der Waals surface area contributed by atoms with Crippen molar-refractivity contribution in [3.05, 3.63) is 27.3 Å². The van der Waals surface area contributed by atoms with Crippen LogP contribution in [0, 0.1) is 20.8 Å². The summed E-state index contributed by atoms with van der Waals surface area (Å²) in [5, 5.41) is 9.11. The molecule has 0 unspecified atom stereocenters. The van der Waals surface area contributed by atoms with Crippen LogP contribution in [0.1, 0.15) is 17.1 Å². The molecule has 0 radical (unpaired) electrons. The van der Waals surface area contributed by atoms with Crippen LogP contribution in [0.3, 0.4) is 0 Å². The topological polar surface area (TPSA) is 50.4 Å². The van der Waals surface area contributed by atoms with Crippen molar-refractivity contribution < 1.29 is 9.52 Å². The summed E-state index contributed by atoms with van der Waals surface area (Å²) in [6.07, 6.45) is 0. The number of hydrogen-bond donors (Lipinski definition) is 1. The predicted octanol–water partition coefficient (Wildman–Crippen LogP) is 1.27. The SMILES string of the molecule is Cc1oc(C)c(O)c(=O)c1C. The van der Waals surface area contributed by atoms with Crippen molar-refractivity contribution in [3.63, 3.8) is 0 Å². The third kappa shape index (κ3) is 1.13. The smallest absolute Gasteiger partial charge is 0.229 e. The van der Waals surface area contributed by atoms with Crippen LogP contribution in [0.5, 0.6) is 5.75 Å². The molecular formula is C8H10O3. The molecule has 0 aliphatic heterocycles. The summed E-state index contributed by atoms with van der Waals surface area (Å²) in [4.78, 5) is 11.1. The third-order valence-corrected chi connectivity index (χ3v) is 1.72. The number of aryl methyl sites for hydroxylation is 2. The molecule has 0 aliphatic rings. The molecule has 0 atom stereocenters. The van der Waals surface area contributed by atoms with Crippen LogP contribution in [0.4, 0.5) is 0 Å². The maximum Gasteiger partial charge on any atom is 0.229 e. The van der Waals surface area contributed by atoms with Crippen molar-refractivity contribution >= 4 is 0 Å². The van der Waals surface area contributed by atoms with Crippen molar-refractivity contribution in [2.45, 2.75) is 20.8 Å². The Balaban J connectivity index is 3.59. The summed E-state index contributed by atoms with van der Waals surface area (Å²) < 4.78 is 5.07. The minimum Gasteiger partial charge on any atom is -0.502 e. The van der Waals surface area contributed by atoms with Gasteiger partial charge in [0.25, 0.3) is 0 Å². The Kier molecular flexibility index (Phi) is 1.72. The van der Waals surface area contributed by atoms with Crippen LogP contribution in [0.25, 0.3) is 0 Å². The van der Waals surface area contributed by atoms with Crippen LogP contribution in [0.15, 0.2) is 9.21 Å². The molecule has 0 amide bonds. The first-order chi connectivity index (χ1) is 5.04. The lowest BCUT2D eigenvalue weighted by Gasteiger charge is -2.01. The van der Waals surface area contributed by atoms with Gasteiger partial charge in [-0.2, -0.15) is 0 Å². The number of hydrogen-bond acceptors (Lipinski definition) is 3.